The van der Waals surface area contributed by atoms with Crippen LogP contribution in [0.4, 0.5) is 0 Å². The Bertz CT molecular complexity index is 684. The van der Waals surface area contributed by atoms with Gasteiger partial charge in [0.15, 0.2) is 23.3 Å². The molecule has 0 spiro atoms. The van der Waals surface area contributed by atoms with Crippen LogP contribution >= 0.6 is 0 Å². The summed E-state index contributed by atoms with van der Waals surface area (Å²) in [5.41, 5.74) is -1.55. The normalized spacial score (nSPS) is 24.8. The standard InChI is InChI=1S/C13H20N2O8S/c1-8(11(19)14-3)5-15(7-16)12-9(17)10(18)13(2,23-12)6-22-24(4,20)21/h5,7,12,17-18H,6H2,1-4H3,(H,14,19)/b8-5-. The Morgan fingerprint density at radius 3 is 2.54 bits per heavy atom. The average Bonchev–Trinajstić information content (AvgIpc) is 2.74. The molecule has 0 fully saturated rings. The molecule has 2 atom stereocenters. The van der Waals surface area contributed by atoms with Gasteiger partial charge in [-0.1, -0.05) is 0 Å². The molecule has 0 aromatic carbocycles. The molecule has 2 unspecified atom stereocenters. The van der Waals surface area contributed by atoms with Gasteiger partial charge in [-0.3, -0.25) is 18.7 Å². The number of likely N-dealkylation sites (N-methyl/N-ethyl adjacent to an activating group) is 1. The lowest BCUT2D eigenvalue weighted by Gasteiger charge is -2.27. The number of nitrogens with zero attached hydrogens (tertiary/aromatic N) is 1. The van der Waals surface area contributed by atoms with Crippen LogP contribution in [0.2, 0.25) is 0 Å². The van der Waals surface area contributed by atoms with Crippen molar-refractivity contribution < 1.29 is 37.1 Å². The SMILES string of the molecule is CNC(=O)/C(C)=C\N(C=O)C1OC(C)(COS(C)(=O)=O)C(O)=C1O. The van der Waals surface area contributed by atoms with Gasteiger partial charge in [0, 0.05) is 18.8 Å². The van der Waals surface area contributed by atoms with E-state index in [4.69, 9.17) is 4.74 Å². The molecule has 0 radical (unpaired) electrons. The maximum absolute atomic E-state index is 11.5. The van der Waals surface area contributed by atoms with E-state index in [0.717, 1.165) is 17.4 Å². The number of hydrogen-bond acceptors (Lipinski definition) is 8. The van der Waals surface area contributed by atoms with E-state index in [-0.39, 0.29) is 12.0 Å². The molecule has 0 saturated heterocycles. The summed E-state index contributed by atoms with van der Waals surface area (Å²) < 4.78 is 32.1. The van der Waals surface area contributed by atoms with Gasteiger partial charge in [-0.25, -0.2) is 0 Å². The Hall–Kier alpha value is -2.11. The maximum atomic E-state index is 11.5. The fourth-order valence-electron chi connectivity index (χ4n) is 1.90. The van der Waals surface area contributed by atoms with E-state index in [0.29, 0.717) is 0 Å². The Balaban J connectivity index is 3.06. The number of rotatable bonds is 7. The molecule has 1 rings (SSSR count). The predicted molar refractivity (Wildman–Crippen MR) is 82.1 cm³/mol. The molecule has 1 heterocycles. The van der Waals surface area contributed by atoms with E-state index in [1.165, 1.54) is 20.9 Å². The van der Waals surface area contributed by atoms with Crippen LogP contribution in [0.15, 0.2) is 23.3 Å². The van der Waals surface area contributed by atoms with Crippen LogP contribution in [0.25, 0.3) is 0 Å². The van der Waals surface area contributed by atoms with Crippen molar-refractivity contribution in [2.45, 2.75) is 25.7 Å². The summed E-state index contributed by atoms with van der Waals surface area (Å²) in [6.07, 6.45) is 0.777. The van der Waals surface area contributed by atoms with Crippen molar-refractivity contribution >= 4 is 22.4 Å². The maximum Gasteiger partial charge on any atom is 0.264 e. The summed E-state index contributed by atoms with van der Waals surface area (Å²) in [6, 6.07) is 0. The van der Waals surface area contributed by atoms with Crippen LogP contribution in [0.1, 0.15) is 13.8 Å². The first-order valence-electron chi connectivity index (χ1n) is 6.73. The van der Waals surface area contributed by atoms with Crippen LogP contribution in [0.3, 0.4) is 0 Å². The van der Waals surface area contributed by atoms with Gasteiger partial charge >= 0.3 is 0 Å². The second-order valence-corrected chi connectivity index (χ2v) is 6.99. The highest BCUT2D eigenvalue weighted by Crippen LogP contribution is 2.35. The van der Waals surface area contributed by atoms with Crippen molar-refractivity contribution in [3.05, 3.63) is 23.3 Å². The fraction of sp³-hybridized carbons (Fsp3) is 0.538. The molecule has 1 aliphatic rings. The van der Waals surface area contributed by atoms with Gasteiger partial charge in [0.05, 0.1) is 6.26 Å². The highest BCUT2D eigenvalue weighted by molar-refractivity contribution is 7.85. The molecule has 24 heavy (non-hydrogen) atoms. The summed E-state index contributed by atoms with van der Waals surface area (Å²) in [5, 5.41) is 22.4. The van der Waals surface area contributed by atoms with Crippen LogP contribution < -0.4 is 5.32 Å². The summed E-state index contributed by atoms with van der Waals surface area (Å²) in [5.74, 6) is -1.83. The molecule has 0 saturated carbocycles. The predicted octanol–water partition coefficient (Wildman–Crippen LogP) is -0.487. The van der Waals surface area contributed by atoms with E-state index < -0.39 is 46.0 Å². The largest absolute Gasteiger partial charge is 0.506 e. The summed E-state index contributed by atoms with van der Waals surface area (Å²) in [4.78, 5) is 23.6. The summed E-state index contributed by atoms with van der Waals surface area (Å²) in [6.45, 7) is 2.10. The number of aliphatic hydroxyl groups excluding tert-OH is 2. The second kappa shape index (κ2) is 7.20. The van der Waals surface area contributed by atoms with E-state index in [1.54, 1.807) is 0 Å². The van der Waals surface area contributed by atoms with Crippen LogP contribution in [0.5, 0.6) is 0 Å². The molecule has 0 aromatic heterocycles. The lowest BCUT2D eigenvalue weighted by Crippen LogP contribution is -2.40. The first kappa shape index (κ1) is 19.9. The fourth-order valence-corrected chi connectivity index (χ4v) is 2.34. The number of aliphatic hydroxyl groups is 2. The third kappa shape index (κ3) is 4.46. The van der Waals surface area contributed by atoms with E-state index in [1.807, 2.05) is 0 Å². The number of carbonyl (C=O) groups is 2. The van der Waals surface area contributed by atoms with Crippen molar-refractivity contribution in [2.24, 2.45) is 0 Å². The first-order valence-corrected chi connectivity index (χ1v) is 8.55. The Labute approximate surface area is 139 Å². The van der Waals surface area contributed by atoms with Gasteiger partial charge in [0.25, 0.3) is 10.1 Å². The number of amides is 2. The molecule has 136 valence electrons. The lowest BCUT2D eigenvalue weighted by atomic mass is 10.1. The van der Waals surface area contributed by atoms with Gasteiger partial charge in [-0.2, -0.15) is 8.42 Å². The van der Waals surface area contributed by atoms with Crippen molar-refractivity contribution in [3.63, 3.8) is 0 Å². The van der Waals surface area contributed by atoms with Crippen molar-refractivity contribution in [2.75, 3.05) is 19.9 Å². The number of hydrogen-bond donors (Lipinski definition) is 3. The Kier molecular flexibility index (Phi) is 5.98. The Morgan fingerprint density at radius 1 is 1.50 bits per heavy atom. The quantitative estimate of drug-likeness (QED) is 0.312. The van der Waals surface area contributed by atoms with Crippen LogP contribution in [-0.2, 0) is 28.6 Å². The topological polar surface area (TPSA) is 142 Å². The highest BCUT2D eigenvalue weighted by Gasteiger charge is 2.47. The second-order valence-electron chi connectivity index (χ2n) is 5.35. The molecule has 0 aromatic rings. The third-order valence-corrected chi connectivity index (χ3v) is 3.76. The molecular weight excluding hydrogens is 344 g/mol. The van der Waals surface area contributed by atoms with Gasteiger partial charge < -0.3 is 20.3 Å². The van der Waals surface area contributed by atoms with Gasteiger partial charge in [0.1, 0.15) is 6.61 Å². The minimum atomic E-state index is -3.81. The zero-order chi connectivity index (χ0) is 18.7. The first-order chi connectivity index (χ1) is 10.9. The molecule has 0 bridgehead atoms. The van der Waals surface area contributed by atoms with Crippen molar-refractivity contribution in [1.82, 2.24) is 10.2 Å². The van der Waals surface area contributed by atoms with E-state index in [2.05, 4.69) is 9.50 Å². The zero-order valence-corrected chi connectivity index (χ0v) is 14.5. The molecular formula is C13H20N2O8S. The van der Waals surface area contributed by atoms with Crippen LogP contribution in [-0.4, -0.2) is 67.6 Å². The molecule has 1 aliphatic heterocycles. The minimum absolute atomic E-state index is 0.140. The van der Waals surface area contributed by atoms with Crippen molar-refractivity contribution in [3.8, 4) is 0 Å². The molecule has 0 aliphatic carbocycles. The summed E-state index contributed by atoms with van der Waals surface area (Å²) >= 11 is 0. The summed E-state index contributed by atoms with van der Waals surface area (Å²) in [7, 11) is -2.41. The molecule has 2 amide bonds. The Morgan fingerprint density at radius 2 is 2.08 bits per heavy atom. The number of carbonyl (C=O) groups excluding carboxylic acids is 2. The van der Waals surface area contributed by atoms with Crippen LogP contribution in [0, 0.1) is 0 Å². The molecule has 11 heteroatoms. The van der Waals surface area contributed by atoms with Gasteiger partial charge in [0.2, 0.25) is 12.3 Å². The number of nitrogens with one attached hydrogen (secondary N) is 1. The lowest BCUT2D eigenvalue weighted by molar-refractivity contribution is -0.137. The van der Waals surface area contributed by atoms with Crippen molar-refractivity contribution in [1.29, 1.82) is 0 Å². The van der Waals surface area contributed by atoms with Gasteiger partial charge in [-0.15, -0.1) is 0 Å². The van der Waals surface area contributed by atoms with Gasteiger partial charge in [-0.05, 0) is 13.8 Å². The zero-order valence-electron chi connectivity index (χ0n) is 13.6. The highest BCUT2D eigenvalue weighted by atomic mass is 32.2. The smallest absolute Gasteiger partial charge is 0.264 e. The average molecular weight is 364 g/mol. The minimum Gasteiger partial charge on any atom is -0.506 e. The molecule has 3 N–H and O–H groups in total. The van der Waals surface area contributed by atoms with E-state index in [9.17, 15) is 28.2 Å². The van der Waals surface area contributed by atoms with E-state index >= 15 is 0 Å². The molecule has 10 nitrogen and oxygen atoms in total. The third-order valence-electron chi connectivity index (χ3n) is 3.22. The number of ether oxygens (including phenoxy) is 1. The monoisotopic (exact) mass is 364 g/mol.